The fourth-order valence-electron chi connectivity index (χ4n) is 5.06. The maximum Gasteiger partial charge on any atom is 0.337 e. The first-order valence-electron chi connectivity index (χ1n) is 10.6. The van der Waals surface area contributed by atoms with Crippen LogP contribution in [0.4, 0.5) is 5.69 Å². The largest absolute Gasteiger partial charge is 0.486 e. The average Bonchev–Trinajstić information content (AvgIpc) is 3.45. The van der Waals surface area contributed by atoms with Crippen molar-refractivity contribution in [1.82, 2.24) is 0 Å². The topological polar surface area (TPSA) is 65.1 Å². The van der Waals surface area contributed by atoms with E-state index in [0.717, 1.165) is 60.4 Å². The fraction of sp³-hybridized carbons (Fsp3) is 0.417. The molecule has 1 amide bonds. The van der Waals surface area contributed by atoms with Crippen LogP contribution in [0.15, 0.2) is 36.4 Å². The third kappa shape index (κ3) is 2.93. The lowest BCUT2D eigenvalue weighted by Gasteiger charge is -2.34. The van der Waals surface area contributed by atoms with Gasteiger partial charge in [0.05, 0.1) is 18.1 Å². The highest BCUT2D eigenvalue weighted by atomic mass is 16.6. The van der Waals surface area contributed by atoms with Gasteiger partial charge in [-0.2, -0.15) is 0 Å². The second-order valence-electron chi connectivity index (χ2n) is 8.19. The van der Waals surface area contributed by atoms with Crippen molar-refractivity contribution in [1.29, 1.82) is 0 Å². The van der Waals surface area contributed by atoms with Crippen molar-refractivity contribution in [3.05, 3.63) is 53.1 Å². The summed E-state index contributed by atoms with van der Waals surface area (Å²) in [5, 5.41) is 0. The van der Waals surface area contributed by atoms with E-state index in [9.17, 15) is 9.59 Å². The SMILES string of the molecule is COC(=O)c1ccc2c(c1)CCN2C(=O)C1(c2ccc3c(c2)OCCO3)CCCC1. The average molecular weight is 407 g/mol. The maximum absolute atomic E-state index is 13.9. The van der Waals surface area contributed by atoms with Gasteiger partial charge in [-0.1, -0.05) is 18.9 Å². The lowest BCUT2D eigenvalue weighted by Crippen LogP contribution is -2.45. The molecule has 5 rings (SSSR count). The van der Waals surface area contributed by atoms with E-state index in [1.807, 2.05) is 35.2 Å². The van der Waals surface area contributed by atoms with Crippen LogP contribution in [0.3, 0.4) is 0 Å². The standard InChI is InChI=1S/C24H25NO5/c1-28-22(26)17-4-6-19-16(14-17)8-11-25(19)23(27)24(9-2-3-10-24)18-5-7-20-21(15-18)30-13-12-29-20/h4-7,14-15H,2-3,8-13H2,1H3. The molecule has 6 nitrogen and oxygen atoms in total. The van der Waals surface area contributed by atoms with E-state index in [4.69, 9.17) is 14.2 Å². The van der Waals surface area contributed by atoms with Gasteiger partial charge in [0, 0.05) is 12.2 Å². The number of ether oxygens (including phenoxy) is 3. The number of hydrogen-bond acceptors (Lipinski definition) is 5. The van der Waals surface area contributed by atoms with Gasteiger partial charge in [-0.05, 0) is 60.7 Å². The van der Waals surface area contributed by atoms with Gasteiger partial charge in [-0.15, -0.1) is 0 Å². The molecule has 0 bridgehead atoms. The Labute approximate surface area is 175 Å². The molecule has 156 valence electrons. The van der Waals surface area contributed by atoms with Gasteiger partial charge in [-0.3, -0.25) is 4.79 Å². The first kappa shape index (κ1) is 19.0. The van der Waals surface area contributed by atoms with Crippen LogP contribution in [0.25, 0.3) is 0 Å². The molecular formula is C24H25NO5. The van der Waals surface area contributed by atoms with Crippen molar-refractivity contribution in [3.63, 3.8) is 0 Å². The molecule has 1 fully saturated rings. The molecule has 0 atom stereocenters. The third-order valence-corrected chi connectivity index (χ3v) is 6.60. The number of carbonyl (C=O) groups excluding carboxylic acids is 2. The molecule has 30 heavy (non-hydrogen) atoms. The summed E-state index contributed by atoms with van der Waals surface area (Å²) in [6.07, 6.45) is 4.46. The van der Waals surface area contributed by atoms with Crippen molar-refractivity contribution in [2.75, 3.05) is 31.8 Å². The number of rotatable bonds is 3. The summed E-state index contributed by atoms with van der Waals surface area (Å²) in [5.74, 6) is 1.25. The van der Waals surface area contributed by atoms with Crippen molar-refractivity contribution in [2.24, 2.45) is 0 Å². The van der Waals surface area contributed by atoms with Gasteiger partial charge in [-0.25, -0.2) is 4.79 Å². The zero-order valence-corrected chi connectivity index (χ0v) is 17.1. The molecule has 6 heteroatoms. The van der Waals surface area contributed by atoms with Crippen LogP contribution in [-0.2, 0) is 21.4 Å². The Kier molecular flexibility index (Phi) is 4.65. The Balaban J connectivity index is 1.50. The lowest BCUT2D eigenvalue weighted by atomic mass is 9.77. The van der Waals surface area contributed by atoms with Gasteiger partial charge in [0.15, 0.2) is 11.5 Å². The molecule has 0 spiro atoms. The molecule has 1 saturated carbocycles. The molecule has 2 aromatic rings. The van der Waals surface area contributed by atoms with E-state index in [2.05, 4.69) is 0 Å². The van der Waals surface area contributed by atoms with Crippen LogP contribution < -0.4 is 14.4 Å². The molecule has 2 heterocycles. The molecule has 3 aliphatic rings. The fourth-order valence-corrected chi connectivity index (χ4v) is 5.06. The quantitative estimate of drug-likeness (QED) is 0.727. The number of esters is 1. The summed E-state index contributed by atoms with van der Waals surface area (Å²) in [6, 6.07) is 11.4. The van der Waals surface area contributed by atoms with Crippen LogP contribution >= 0.6 is 0 Å². The molecule has 0 aromatic heterocycles. The number of hydrogen-bond donors (Lipinski definition) is 0. The van der Waals surface area contributed by atoms with Crippen LogP contribution in [0.2, 0.25) is 0 Å². The molecule has 0 radical (unpaired) electrons. The molecular weight excluding hydrogens is 382 g/mol. The number of carbonyl (C=O) groups is 2. The van der Waals surface area contributed by atoms with Gasteiger partial charge >= 0.3 is 5.97 Å². The zero-order valence-electron chi connectivity index (χ0n) is 17.1. The van der Waals surface area contributed by atoms with Crippen molar-refractivity contribution >= 4 is 17.6 Å². The number of fused-ring (bicyclic) bond motifs is 2. The van der Waals surface area contributed by atoms with E-state index in [1.54, 1.807) is 6.07 Å². The molecule has 2 aromatic carbocycles. The van der Waals surface area contributed by atoms with Crippen LogP contribution in [0.5, 0.6) is 11.5 Å². The molecule has 1 aliphatic carbocycles. The van der Waals surface area contributed by atoms with Crippen molar-refractivity contribution in [3.8, 4) is 11.5 Å². The Morgan fingerprint density at radius 1 is 1.00 bits per heavy atom. The summed E-state index contributed by atoms with van der Waals surface area (Å²) in [4.78, 5) is 27.7. The van der Waals surface area contributed by atoms with Crippen molar-refractivity contribution in [2.45, 2.75) is 37.5 Å². The van der Waals surface area contributed by atoms with Crippen LogP contribution in [-0.4, -0.2) is 38.7 Å². The van der Waals surface area contributed by atoms with Crippen molar-refractivity contribution < 1.29 is 23.8 Å². The number of benzene rings is 2. The molecule has 0 saturated heterocycles. The highest BCUT2D eigenvalue weighted by Crippen LogP contribution is 2.47. The second-order valence-corrected chi connectivity index (χ2v) is 8.19. The Hall–Kier alpha value is -3.02. The smallest absolute Gasteiger partial charge is 0.337 e. The Morgan fingerprint density at radius 2 is 1.77 bits per heavy atom. The summed E-state index contributed by atoms with van der Waals surface area (Å²) in [7, 11) is 1.38. The van der Waals surface area contributed by atoms with E-state index in [0.29, 0.717) is 25.3 Å². The Bertz CT molecular complexity index is 1010. The minimum absolute atomic E-state index is 0.140. The van der Waals surface area contributed by atoms with Gasteiger partial charge < -0.3 is 19.1 Å². The zero-order chi connectivity index (χ0) is 20.7. The number of nitrogens with zero attached hydrogens (tertiary/aromatic N) is 1. The first-order valence-corrected chi connectivity index (χ1v) is 10.6. The van der Waals surface area contributed by atoms with Gasteiger partial charge in [0.2, 0.25) is 5.91 Å². The third-order valence-electron chi connectivity index (χ3n) is 6.60. The predicted molar refractivity (Wildman–Crippen MR) is 111 cm³/mol. The lowest BCUT2D eigenvalue weighted by molar-refractivity contribution is -0.123. The first-order chi connectivity index (χ1) is 14.6. The van der Waals surface area contributed by atoms with Crippen LogP contribution in [0, 0.1) is 0 Å². The summed E-state index contributed by atoms with van der Waals surface area (Å²) < 4.78 is 16.3. The summed E-state index contributed by atoms with van der Waals surface area (Å²) >= 11 is 0. The van der Waals surface area contributed by atoms with Crippen LogP contribution in [0.1, 0.15) is 47.2 Å². The highest BCUT2D eigenvalue weighted by Gasteiger charge is 2.46. The summed E-state index contributed by atoms with van der Waals surface area (Å²) in [5.41, 5.74) is 2.90. The van der Waals surface area contributed by atoms with Gasteiger partial charge in [0.25, 0.3) is 0 Å². The molecule has 2 aliphatic heterocycles. The second kappa shape index (κ2) is 7.35. The predicted octanol–water partition coefficient (Wildman–Crippen LogP) is 3.65. The Morgan fingerprint density at radius 3 is 2.53 bits per heavy atom. The van der Waals surface area contributed by atoms with E-state index in [1.165, 1.54) is 7.11 Å². The highest BCUT2D eigenvalue weighted by molar-refractivity contribution is 6.03. The maximum atomic E-state index is 13.9. The minimum Gasteiger partial charge on any atom is -0.486 e. The van der Waals surface area contributed by atoms with Gasteiger partial charge in [0.1, 0.15) is 13.2 Å². The summed E-state index contributed by atoms with van der Waals surface area (Å²) in [6.45, 7) is 1.71. The minimum atomic E-state index is -0.543. The molecule has 0 N–H and O–H groups in total. The number of methoxy groups -OCH3 is 1. The molecule has 0 unspecified atom stereocenters. The monoisotopic (exact) mass is 407 g/mol. The van der Waals surface area contributed by atoms with E-state index < -0.39 is 5.41 Å². The number of amides is 1. The van der Waals surface area contributed by atoms with E-state index >= 15 is 0 Å². The normalized spacial score (nSPS) is 18.8. The van der Waals surface area contributed by atoms with E-state index in [-0.39, 0.29) is 11.9 Å². The number of anilines is 1.